The highest BCUT2D eigenvalue weighted by Gasteiger charge is 2.18. The number of benzene rings is 2. The van der Waals surface area contributed by atoms with Crippen molar-refractivity contribution in [1.29, 1.82) is 0 Å². The zero-order valence-corrected chi connectivity index (χ0v) is 13.8. The summed E-state index contributed by atoms with van der Waals surface area (Å²) in [6, 6.07) is 12.9. The van der Waals surface area contributed by atoms with Gasteiger partial charge in [0.2, 0.25) is 0 Å². The molecule has 0 aliphatic heterocycles. The van der Waals surface area contributed by atoms with E-state index in [2.05, 4.69) is 21.2 Å². The predicted octanol–water partition coefficient (Wildman–Crippen LogP) is 4.69. The van der Waals surface area contributed by atoms with Crippen LogP contribution in [-0.4, -0.2) is 13.2 Å². The van der Waals surface area contributed by atoms with Crippen LogP contribution in [0.3, 0.4) is 0 Å². The zero-order valence-electron chi connectivity index (χ0n) is 12.2. The molecule has 2 nitrogen and oxygen atoms in total. The van der Waals surface area contributed by atoms with Crippen LogP contribution in [-0.2, 0) is 0 Å². The third-order valence-corrected chi connectivity index (χ3v) is 3.82. The van der Waals surface area contributed by atoms with Gasteiger partial charge in [0.15, 0.2) is 0 Å². The van der Waals surface area contributed by atoms with E-state index >= 15 is 0 Å². The summed E-state index contributed by atoms with van der Waals surface area (Å²) >= 11 is 3.25. The van der Waals surface area contributed by atoms with Gasteiger partial charge in [0.25, 0.3) is 0 Å². The van der Waals surface area contributed by atoms with Crippen molar-refractivity contribution in [3.63, 3.8) is 0 Å². The number of halogens is 2. The molecule has 0 aromatic heterocycles. The maximum Gasteiger partial charge on any atom is 0.142 e. The Morgan fingerprint density at radius 2 is 1.95 bits per heavy atom. The van der Waals surface area contributed by atoms with Crippen LogP contribution < -0.4 is 10.1 Å². The molecule has 2 rings (SSSR count). The molecule has 2 aromatic carbocycles. The third kappa shape index (κ3) is 3.83. The van der Waals surface area contributed by atoms with Gasteiger partial charge in [0.05, 0.1) is 17.1 Å². The minimum Gasteiger partial charge on any atom is -0.494 e. The quantitative estimate of drug-likeness (QED) is 0.815. The Kier molecular flexibility index (Phi) is 5.76. The molecule has 0 radical (unpaired) electrons. The molecular formula is C17H19BrFNO. The minimum atomic E-state index is -0.231. The molecular weight excluding hydrogens is 333 g/mol. The van der Waals surface area contributed by atoms with E-state index in [1.54, 1.807) is 12.1 Å². The summed E-state index contributed by atoms with van der Waals surface area (Å²) in [4.78, 5) is 0. The van der Waals surface area contributed by atoms with E-state index in [1.165, 1.54) is 0 Å². The molecule has 0 fully saturated rings. The lowest BCUT2D eigenvalue weighted by Gasteiger charge is -2.20. The summed E-state index contributed by atoms with van der Waals surface area (Å²) < 4.78 is 20.4. The Balaban J connectivity index is 2.43. The summed E-state index contributed by atoms with van der Waals surface area (Å²) in [6.07, 6.45) is 0. The Bertz CT molecular complexity index is 603. The van der Waals surface area contributed by atoms with Crippen molar-refractivity contribution in [2.45, 2.75) is 19.9 Å². The Morgan fingerprint density at radius 3 is 2.67 bits per heavy atom. The average molecular weight is 352 g/mol. The first-order valence-corrected chi connectivity index (χ1v) is 7.86. The van der Waals surface area contributed by atoms with Crippen LogP contribution in [0.1, 0.15) is 31.0 Å². The molecule has 0 spiro atoms. The van der Waals surface area contributed by atoms with Crippen LogP contribution in [0, 0.1) is 5.82 Å². The van der Waals surface area contributed by atoms with Crippen LogP contribution in [0.15, 0.2) is 46.9 Å². The first-order valence-electron chi connectivity index (χ1n) is 7.07. The molecule has 0 saturated heterocycles. The van der Waals surface area contributed by atoms with Crippen molar-refractivity contribution in [2.24, 2.45) is 0 Å². The van der Waals surface area contributed by atoms with Gasteiger partial charge in [0, 0.05) is 5.56 Å². The second-order valence-corrected chi connectivity index (χ2v) is 5.49. The van der Waals surface area contributed by atoms with Crippen molar-refractivity contribution in [3.05, 3.63) is 63.9 Å². The van der Waals surface area contributed by atoms with E-state index in [9.17, 15) is 4.39 Å². The lowest BCUT2D eigenvalue weighted by atomic mass is 9.98. The Labute approximate surface area is 133 Å². The van der Waals surface area contributed by atoms with E-state index < -0.39 is 0 Å². The van der Waals surface area contributed by atoms with Crippen LogP contribution in [0.2, 0.25) is 0 Å². The molecule has 0 aliphatic rings. The van der Waals surface area contributed by atoms with E-state index in [-0.39, 0.29) is 11.9 Å². The normalized spacial score (nSPS) is 12.2. The van der Waals surface area contributed by atoms with Crippen molar-refractivity contribution < 1.29 is 9.13 Å². The molecule has 0 bridgehead atoms. The Hall–Kier alpha value is -1.39. The molecule has 1 atom stereocenters. The van der Waals surface area contributed by atoms with Crippen molar-refractivity contribution in [1.82, 2.24) is 5.32 Å². The fourth-order valence-electron chi connectivity index (χ4n) is 2.31. The molecule has 0 amide bonds. The first kappa shape index (κ1) is 16.0. The van der Waals surface area contributed by atoms with E-state index in [4.69, 9.17) is 4.74 Å². The second kappa shape index (κ2) is 7.57. The Morgan fingerprint density at radius 1 is 1.19 bits per heavy atom. The maximum atomic E-state index is 14.4. The number of hydrogen-bond donors (Lipinski definition) is 1. The highest BCUT2D eigenvalue weighted by molar-refractivity contribution is 9.10. The van der Waals surface area contributed by atoms with Gasteiger partial charge >= 0.3 is 0 Å². The maximum absolute atomic E-state index is 14.4. The largest absolute Gasteiger partial charge is 0.494 e. The summed E-state index contributed by atoms with van der Waals surface area (Å²) in [7, 11) is 0. The summed E-state index contributed by atoms with van der Waals surface area (Å²) in [5, 5.41) is 3.34. The van der Waals surface area contributed by atoms with E-state index in [1.807, 2.05) is 44.2 Å². The van der Waals surface area contributed by atoms with Crippen molar-refractivity contribution in [2.75, 3.05) is 13.2 Å². The summed E-state index contributed by atoms with van der Waals surface area (Å²) in [5.41, 5.74) is 1.61. The highest BCUT2D eigenvalue weighted by Crippen LogP contribution is 2.30. The van der Waals surface area contributed by atoms with Gasteiger partial charge < -0.3 is 10.1 Å². The van der Waals surface area contributed by atoms with E-state index in [0.29, 0.717) is 16.6 Å². The number of nitrogens with one attached hydrogen (secondary N) is 1. The minimum absolute atomic E-state index is 0.201. The van der Waals surface area contributed by atoms with Crippen molar-refractivity contribution in [3.8, 4) is 5.75 Å². The first-order chi connectivity index (χ1) is 10.2. The molecule has 21 heavy (non-hydrogen) atoms. The van der Waals surface area contributed by atoms with Gasteiger partial charge in [0.1, 0.15) is 11.6 Å². The average Bonchev–Trinajstić information content (AvgIpc) is 2.49. The lowest BCUT2D eigenvalue weighted by molar-refractivity contribution is 0.339. The molecule has 112 valence electrons. The number of hydrogen-bond acceptors (Lipinski definition) is 2. The fraction of sp³-hybridized carbons (Fsp3) is 0.294. The van der Waals surface area contributed by atoms with Gasteiger partial charge in [-0.15, -0.1) is 0 Å². The van der Waals surface area contributed by atoms with Crippen LogP contribution in [0.4, 0.5) is 4.39 Å². The van der Waals surface area contributed by atoms with Gasteiger partial charge in [-0.3, -0.25) is 0 Å². The molecule has 0 heterocycles. The second-order valence-electron chi connectivity index (χ2n) is 4.64. The number of rotatable bonds is 6. The molecule has 0 saturated carbocycles. The van der Waals surface area contributed by atoms with Gasteiger partial charge in [-0.25, -0.2) is 4.39 Å². The number of ether oxygens (including phenoxy) is 1. The summed E-state index contributed by atoms with van der Waals surface area (Å²) in [6.45, 7) is 5.31. The van der Waals surface area contributed by atoms with Crippen molar-refractivity contribution >= 4 is 15.9 Å². The SMILES string of the molecule is CCNC(c1cccc(OCC)c1)c1cccc(Br)c1F. The monoisotopic (exact) mass is 351 g/mol. The zero-order chi connectivity index (χ0) is 15.2. The topological polar surface area (TPSA) is 21.3 Å². The molecule has 0 aliphatic carbocycles. The van der Waals surface area contributed by atoms with E-state index in [0.717, 1.165) is 17.9 Å². The van der Waals surface area contributed by atoms with Crippen LogP contribution in [0.5, 0.6) is 5.75 Å². The molecule has 2 aromatic rings. The molecule has 1 unspecified atom stereocenters. The van der Waals surface area contributed by atoms with Crippen LogP contribution >= 0.6 is 15.9 Å². The predicted molar refractivity (Wildman–Crippen MR) is 87.2 cm³/mol. The van der Waals surface area contributed by atoms with Crippen LogP contribution in [0.25, 0.3) is 0 Å². The lowest BCUT2D eigenvalue weighted by Crippen LogP contribution is -2.23. The summed E-state index contributed by atoms with van der Waals surface area (Å²) in [5.74, 6) is 0.568. The standard InChI is InChI=1S/C17H19BrFNO/c1-3-20-17(14-9-6-10-15(18)16(14)19)12-7-5-8-13(11-12)21-4-2/h5-11,17,20H,3-4H2,1-2H3. The van der Waals surface area contributed by atoms with Gasteiger partial charge in [-0.1, -0.05) is 31.2 Å². The van der Waals surface area contributed by atoms with Gasteiger partial charge in [-0.2, -0.15) is 0 Å². The molecule has 1 N–H and O–H groups in total. The fourth-order valence-corrected chi connectivity index (χ4v) is 2.69. The third-order valence-electron chi connectivity index (χ3n) is 3.20. The molecule has 4 heteroatoms. The smallest absolute Gasteiger partial charge is 0.142 e. The highest BCUT2D eigenvalue weighted by atomic mass is 79.9. The van der Waals surface area contributed by atoms with Gasteiger partial charge in [-0.05, 0) is 53.2 Å².